The van der Waals surface area contributed by atoms with E-state index in [2.05, 4.69) is 5.32 Å². The predicted octanol–water partition coefficient (Wildman–Crippen LogP) is -0.0529. The maximum atomic E-state index is 12.1. The summed E-state index contributed by atoms with van der Waals surface area (Å²) in [5.41, 5.74) is 0.910. The molecule has 0 saturated carbocycles. The summed E-state index contributed by atoms with van der Waals surface area (Å²) in [6.07, 6.45) is -5.12. The summed E-state index contributed by atoms with van der Waals surface area (Å²) in [5, 5.41) is 23.4. The maximum absolute atomic E-state index is 12.1. The van der Waals surface area contributed by atoms with Crippen LogP contribution in [0.15, 0.2) is 42.7 Å². The molecule has 3 N–H and O–H groups in total. The molecule has 0 amide bonds. The number of esters is 3. The van der Waals surface area contributed by atoms with Crippen LogP contribution in [0.4, 0.5) is 0 Å². The minimum Gasteiger partial charge on any atom is -0.493 e. The Balaban J connectivity index is 1.88. The molecule has 37 heavy (non-hydrogen) atoms. The van der Waals surface area contributed by atoms with Crippen LogP contribution in [-0.4, -0.2) is 90.3 Å². The van der Waals surface area contributed by atoms with Crippen LogP contribution >= 0.6 is 0 Å². The zero-order chi connectivity index (χ0) is 26.9. The monoisotopic (exact) mass is 523 g/mol. The number of carbonyl (C=O) groups excluding carboxylic acids is 3. The van der Waals surface area contributed by atoms with Gasteiger partial charge < -0.3 is 44.0 Å². The lowest BCUT2D eigenvalue weighted by Crippen LogP contribution is -2.66. The van der Waals surface area contributed by atoms with Crippen molar-refractivity contribution >= 4 is 17.9 Å². The molecule has 3 rings (SSSR count). The molecule has 204 valence electrons. The topological polar surface area (TPSA) is 159 Å². The molecule has 1 aromatic rings. The smallest absolute Gasteiger partial charge is 0.303 e. The second-order valence-corrected chi connectivity index (χ2v) is 8.70. The zero-order valence-electron chi connectivity index (χ0n) is 20.9. The number of hydrogen-bond acceptors (Lipinski definition) is 12. The van der Waals surface area contributed by atoms with E-state index in [9.17, 15) is 24.6 Å². The van der Waals surface area contributed by atoms with E-state index >= 15 is 0 Å². The molecule has 1 aromatic carbocycles. The SMILES string of the molecule is CC(=O)OC[C@H]1O[C@@H](OC[C@H]2OC=C[C@@H](O)[C@@H]2O)[C@H](NCc2ccccc2)[C@@H](OC(C)=O)[C@@H]1OC(C)=O. The molecule has 0 bridgehead atoms. The third-order valence-corrected chi connectivity index (χ3v) is 5.77. The average molecular weight is 524 g/mol. The van der Waals surface area contributed by atoms with Crippen molar-refractivity contribution < 1.29 is 53.0 Å². The summed E-state index contributed by atoms with van der Waals surface area (Å²) in [4.78, 5) is 35.5. The normalized spacial score (nSPS) is 31.2. The summed E-state index contributed by atoms with van der Waals surface area (Å²) in [6, 6.07) is 8.52. The van der Waals surface area contributed by atoms with Crippen molar-refractivity contribution in [3.05, 3.63) is 48.2 Å². The summed E-state index contributed by atoms with van der Waals surface area (Å²) in [6.45, 7) is 3.43. The van der Waals surface area contributed by atoms with Crippen molar-refractivity contribution in [2.24, 2.45) is 0 Å². The lowest BCUT2D eigenvalue weighted by atomic mass is 9.95. The Morgan fingerprint density at radius 3 is 2.24 bits per heavy atom. The van der Waals surface area contributed by atoms with Gasteiger partial charge in [-0.3, -0.25) is 14.4 Å². The molecule has 12 nitrogen and oxygen atoms in total. The van der Waals surface area contributed by atoms with E-state index in [1.807, 2.05) is 30.3 Å². The van der Waals surface area contributed by atoms with E-state index in [-0.39, 0.29) is 13.2 Å². The number of ether oxygens (including phenoxy) is 6. The third kappa shape index (κ3) is 8.23. The predicted molar refractivity (Wildman–Crippen MR) is 125 cm³/mol. The first-order valence-corrected chi connectivity index (χ1v) is 11.9. The summed E-state index contributed by atoms with van der Waals surface area (Å²) in [5.74, 6) is -1.88. The van der Waals surface area contributed by atoms with Gasteiger partial charge in [0, 0.05) is 27.3 Å². The Hall–Kier alpha value is -3.03. The highest BCUT2D eigenvalue weighted by Gasteiger charge is 2.51. The number of rotatable bonds is 10. The molecule has 0 spiro atoms. The van der Waals surface area contributed by atoms with Gasteiger partial charge in [0.25, 0.3) is 0 Å². The Morgan fingerprint density at radius 1 is 0.919 bits per heavy atom. The van der Waals surface area contributed by atoms with Crippen LogP contribution in [0.2, 0.25) is 0 Å². The Morgan fingerprint density at radius 2 is 1.59 bits per heavy atom. The molecular weight excluding hydrogens is 490 g/mol. The number of hydrogen-bond donors (Lipinski definition) is 3. The van der Waals surface area contributed by atoms with Gasteiger partial charge in [0.1, 0.15) is 31.0 Å². The Kier molecular flexibility index (Phi) is 10.4. The molecule has 2 aliphatic heterocycles. The number of aliphatic hydroxyl groups is 2. The van der Waals surface area contributed by atoms with Gasteiger partial charge in [0.15, 0.2) is 18.5 Å². The van der Waals surface area contributed by atoms with E-state index in [1.54, 1.807) is 0 Å². The molecule has 2 aliphatic rings. The van der Waals surface area contributed by atoms with Crippen LogP contribution in [0.3, 0.4) is 0 Å². The molecule has 0 radical (unpaired) electrons. The van der Waals surface area contributed by atoms with Gasteiger partial charge in [-0.05, 0) is 11.6 Å². The van der Waals surface area contributed by atoms with E-state index in [0.29, 0.717) is 6.54 Å². The molecule has 12 heteroatoms. The van der Waals surface area contributed by atoms with E-state index in [0.717, 1.165) is 5.56 Å². The van der Waals surface area contributed by atoms with Crippen molar-refractivity contribution in [1.82, 2.24) is 5.32 Å². The van der Waals surface area contributed by atoms with Gasteiger partial charge in [0.2, 0.25) is 0 Å². The number of benzene rings is 1. The second-order valence-electron chi connectivity index (χ2n) is 8.70. The summed E-state index contributed by atoms with van der Waals surface area (Å²) in [7, 11) is 0. The lowest BCUT2D eigenvalue weighted by molar-refractivity contribution is -0.284. The molecule has 2 heterocycles. The minimum absolute atomic E-state index is 0.206. The summed E-state index contributed by atoms with van der Waals surface area (Å²) < 4.78 is 33.6. The minimum atomic E-state index is -1.25. The van der Waals surface area contributed by atoms with Crippen molar-refractivity contribution in [3.8, 4) is 0 Å². The van der Waals surface area contributed by atoms with E-state index < -0.39 is 66.9 Å². The zero-order valence-corrected chi connectivity index (χ0v) is 20.9. The molecule has 0 aliphatic carbocycles. The van der Waals surface area contributed by atoms with Crippen molar-refractivity contribution in [1.29, 1.82) is 0 Å². The molecule has 0 unspecified atom stereocenters. The highest BCUT2D eigenvalue weighted by atomic mass is 16.7. The highest BCUT2D eigenvalue weighted by Crippen LogP contribution is 2.29. The fourth-order valence-electron chi connectivity index (χ4n) is 4.06. The van der Waals surface area contributed by atoms with E-state index in [1.165, 1.54) is 33.1 Å². The number of nitrogens with one attached hydrogen (secondary N) is 1. The van der Waals surface area contributed by atoms with Crippen LogP contribution in [0.1, 0.15) is 26.3 Å². The van der Waals surface area contributed by atoms with Crippen molar-refractivity contribution in [3.63, 3.8) is 0 Å². The van der Waals surface area contributed by atoms with Gasteiger partial charge in [-0.1, -0.05) is 30.3 Å². The Labute approximate surface area is 214 Å². The Bertz CT molecular complexity index is 940. The number of carbonyl (C=O) groups is 3. The first kappa shape index (κ1) is 28.5. The highest BCUT2D eigenvalue weighted by molar-refractivity contribution is 5.68. The molecular formula is C25H33NO11. The molecule has 8 atom stereocenters. The first-order valence-electron chi connectivity index (χ1n) is 11.9. The van der Waals surface area contributed by atoms with Crippen LogP contribution < -0.4 is 5.32 Å². The molecule has 0 aromatic heterocycles. The lowest BCUT2D eigenvalue weighted by Gasteiger charge is -2.45. The average Bonchev–Trinajstić information content (AvgIpc) is 2.84. The van der Waals surface area contributed by atoms with Crippen molar-refractivity contribution in [2.45, 2.75) is 76.3 Å². The van der Waals surface area contributed by atoms with Crippen LogP contribution in [0.5, 0.6) is 0 Å². The van der Waals surface area contributed by atoms with Gasteiger partial charge in [-0.2, -0.15) is 0 Å². The standard InChI is InChI=1S/C25H33NO11/c1-14(27)33-13-20-23(35-15(2)28)24(36-16(3)29)21(26-11-17-7-5-4-6-8-17)25(37-20)34-12-19-22(31)18(30)9-10-32-19/h4-10,18-26,30-31H,11-13H2,1-3H3/t18-,19-,20-,21-,22+,23-,24-,25-/m1/s1. The van der Waals surface area contributed by atoms with Gasteiger partial charge in [-0.25, -0.2) is 0 Å². The van der Waals surface area contributed by atoms with E-state index in [4.69, 9.17) is 28.4 Å². The van der Waals surface area contributed by atoms with Gasteiger partial charge >= 0.3 is 17.9 Å². The van der Waals surface area contributed by atoms with Crippen molar-refractivity contribution in [2.75, 3.05) is 13.2 Å². The van der Waals surface area contributed by atoms with Gasteiger partial charge in [0.05, 0.1) is 18.9 Å². The first-order chi connectivity index (χ1) is 17.7. The van der Waals surface area contributed by atoms with Gasteiger partial charge in [-0.15, -0.1) is 0 Å². The number of aliphatic hydroxyl groups excluding tert-OH is 2. The van der Waals surface area contributed by atoms with Crippen LogP contribution in [0, 0.1) is 0 Å². The quantitative estimate of drug-likeness (QED) is 0.278. The third-order valence-electron chi connectivity index (χ3n) is 5.77. The molecule has 1 fully saturated rings. The summed E-state index contributed by atoms with van der Waals surface area (Å²) >= 11 is 0. The van der Waals surface area contributed by atoms with Crippen LogP contribution in [0.25, 0.3) is 0 Å². The molecule has 1 saturated heterocycles. The second kappa shape index (κ2) is 13.5. The maximum Gasteiger partial charge on any atom is 0.303 e. The van der Waals surface area contributed by atoms with Crippen LogP contribution in [-0.2, 0) is 49.3 Å². The fourth-order valence-corrected chi connectivity index (χ4v) is 4.06. The largest absolute Gasteiger partial charge is 0.493 e. The fraction of sp³-hybridized carbons (Fsp3) is 0.560.